The summed E-state index contributed by atoms with van der Waals surface area (Å²) in [5.41, 5.74) is 3.12. The maximum absolute atomic E-state index is 13.5. The van der Waals surface area contributed by atoms with Crippen LogP contribution >= 0.6 is 23.2 Å². The fraction of sp³-hybridized carbons (Fsp3) is 0. The topological polar surface area (TPSA) is 237 Å². The minimum absolute atomic E-state index is 0. The van der Waals surface area contributed by atoms with Gasteiger partial charge in [-0.15, -0.1) is 0 Å². The van der Waals surface area contributed by atoms with Gasteiger partial charge in [-0.3, -0.25) is 9.59 Å². The molecule has 20 heteroatoms. The van der Waals surface area contributed by atoms with Gasteiger partial charge in [0.1, 0.15) is 20.2 Å². The quantitative estimate of drug-likeness (QED) is 0.0912. The SMILES string of the molecule is Nc1c(S(=O)(=O)[O-])cc(Nc2ccc(Nc3nc(Cl)nc(Cl)n3)cc2S(=O)(=O)[O-])c2c1C(=O)c1ccccc1C2=O.[Na+].[Na+]. The molecule has 210 valence electrons. The van der Waals surface area contributed by atoms with Gasteiger partial charge in [0.2, 0.25) is 16.5 Å². The number of ketones is 2. The second-order valence-corrected chi connectivity index (χ2v) is 11.7. The number of halogens is 2. The van der Waals surface area contributed by atoms with Gasteiger partial charge in [-0.2, -0.15) is 15.0 Å². The minimum atomic E-state index is -5.30. The van der Waals surface area contributed by atoms with Gasteiger partial charge in [-0.25, -0.2) is 16.8 Å². The van der Waals surface area contributed by atoms with Crippen LogP contribution in [0.1, 0.15) is 31.8 Å². The van der Waals surface area contributed by atoms with Crippen molar-refractivity contribution in [2.75, 3.05) is 16.4 Å². The number of hydrogen-bond donors (Lipinski definition) is 3. The number of carbonyl (C=O) groups is 2. The first-order valence-corrected chi connectivity index (χ1v) is 14.5. The Morgan fingerprint density at radius 1 is 0.698 bits per heavy atom. The van der Waals surface area contributed by atoms with Crippen LogP contribution in [0.4, 0.5) is 28.7 Å². The number of aromatic nitrogens is 3. The van der Waals surface area contributed by atoms with Crippen molar-refractivity contribution in [3.63, 3.8) is 0 Å². The number of hydrogen-bond acceptors (Lipinski definition) is 14. The fourth-order valence-corrected chi connectivity index (χ4v) is 5.82. The summed E-state index contributed by atoms with van der Waals surface area (Å²) in [5, 5.41) is 4.56. The summed E-state index contributed by atoms with van der Waals surface area (Å²) < 4.78 is 72.7. The third-order valence-corrected chi connectivity index (χ3v) is 7.92. The molecule has 0 bridgehead atoms. The molecule has 0 atom stereocenters. The number of nitrogens with zero attached hydrogens (tertiary/aromatic N) is 3. The van der Waals surface area contributed by atoms with E-state index in [0.29, 0.717) is 6.07 Å². The van der Waals surface area contributed by atoms with E-state index in [9.17, 15) is 35.5 Å². The molecule has 0 unspecified atom stereocenters. The standard InChI is InChI=1S/C23H14Cl2N6O8S2.2Na/c24-21-29-22(25)31-23(30-21)27-9-5-6-12(14(7-9)40(34,35)36)28-13-8-15(41(37,38)39)18(26)17-16(13)19(32)10-3-1-2-4-11(10)20(17)33;;/h1-8,28H,26H2,(H,34,35,36)(H,37,38,39)(H,27,29,30,31);;/q;2*+1/p-2. The molecule has 1 heterocycles. The number of rotatable bonds is 6. The number of nitrogen functional groups attached to an aromatic ring is 1. The normalized spacial score (nSPS) is 12.4. The zero-order chi connectivity index (χ0) is 29.9. The van der Waals surface area contributed by atoms with Crippen LogP contribution in [0.25, 0.3) is 0 Å². The molecule has 14 nitrogen and oxygen atoms in total. The first-order valence-electron chi connectivity index (χ1n) is 11.0. The Bertz CT molecular complexity index is 2030. The van der Waals surface area contributed by atoms with E-state index < -0.39 is 69.8 Å². The summed E-state index contributed by atoms with van der Waals surface area (Å²) in [5.74, 6) is -1.80. The summed E-state index contributed by atoms with van der Waals surface area (Å²) in [6.07, 6.45) is 0. The van der Waals surface area contributed by atoms with E-state index in [1.807, 2.05) is 0 Å². The van der Waals surface area contributed by atoms with Gasteiger partial charge in [-0.05, 0) is 47.5 Å². The van der Waals surface area contributed by atoms with E-state index >= 15 is 0 Å². The van der Waals surface area contributed by atoms with Crippen molar-refractivity contribution in [2.45, 2.75) is 9.79 Å². The Morgan fingerprint density at radius 3 is 1.77 bits per heavy atom. The first kappa shape index (κ1) is 35.3. The minimum Gasteiger partial charge on any atom is -0.744 e. The third kappa shape index (κ3) is 7.06. The zero-order valence-corrected chi connectivity index (χ0v) is 29.0. The molecule has 4 aromatic rings. The van der Waals surface area contributed by atoms with Gasteiger partial charge in [0, 0.05) is 16.8 Å². The predicted molar refractivity (Wildman–Crippen MR) is 143 cm³/mol. The molecule has 0 amide bonds. The molecule has 0 spiro atoms. The Labute approximate surface area is 297 Å². The largest absolute Gasteiger partial charge is 1.00 e. The average molecular weight is 681 g/mol. The molecule has 3 aromatic carbocycles. The molecule has 43 heavy (non-hydrogen) atoms. The second kappa shape index (κ2) is 13.0. The maximum atomic E-state index is 13.5. The number of nitrogens with two attached hydrogens (primary N) is 1. The van der Waals surface area contributed by atoms with Crippen molar-refractivity contribution >= 4 is 83.7 Å². The maximum Gasteiger partial charge on any atom is 1.00 e. The van der Waals surface area contributed by atoms with Crippen LogP contribution in [0.5, 0.6) is 0 Å². The van der Waals surface area contributed by atoms with Crippen molar-refractivity contribution in [2.24, 2.45) is 0 Å². The van der Waals surface area contributed by atoms with Crippen LogP contribution in [-0.4, -0.2) is 52.5 Å². The number of carbonyl (C=O) groups excluding carboxylic acids is 2. The van der Waals surface area contributed by atoms with Gasteiger partial charge >= 0.3 is 59.1 Å². The second-order valence-electron chi connectivity index (χ2n) is 8.36. The Hall–Kier alpha value is -2.19. The van der Waals surface area contributed by atoms with Gasteiger partial charge < -0.3 is 25.5 Å². The van der Waals surface area contributed by atoms with Crippen molar-refractivity contribution in [3.8, 4) is 0 Å². The summed E-state index contributed by atoms with van der Waals surface area (Å²) >= 11 is 11.5. The monoisotopic (exact) mass is 680 g/mol. The molecule has 4 N–H and O–H groups in total. The van der Waals surface area contributed by atoms with Crippen LogP contribution in [0, 0.1) is 0 Å². The predicted octanol–water partition coefficient (Wildman–Crippen LogP) is -3.16. The summed E-state index contributed by atoms with van der Waals surface area (Å²) in [6.45, 7) is 0. The molecular formula is C23H12Cl2N6Na2O8S2. The van der Waals surface area contributed by atoms with Crippen molar-refractivity contribution < 1.29 is 94.6 Å². The van der Waals surface area contributed by atoms with E-state index in [2.05, 4.69) is 25.6 Å². The van der Waals surface area contributed by atoms with Crippen molar-refractivity contribution in [1.82, 2.24) is 15.0 Å². The molecule has 1 aliphatic rings. The summed E-state index contributed by atoms with van der Waals surface area (Å²) in [6, 6.07) is 9.57. The van der Waals surface area contributed by atoms with E-state index in [1.54, 1.807) is 0 Å². The summed E-state index contributed by atoms with van der Waals surface area (Å²) in [4.78, 5) is 36.0. The molecule has 0 fully saturated rings. The number of fused-ring (bicyclic) bond motifs is 2. The Morgan fingerprint density at radius 2 is 1.23 bits per heavy atom. The molecule has 0 saturated heterocycles. The van der Waals surface area contributed by atoms with Crippen LogP contribution in [0.3, 0.4) is 0 Å². The average Bonchev–Trinajstić information content (AvgIpc) is 2.87. The van der Waals surface area contributed by atoms with Crippen LogP contribution in [-0.2, 0) is 20.2 Å². The number of anilines is 5. The summed E-state index contributed by atoms with van der Waals surface area (Å²) in [7, 11) is -10.5. The van der Waals surface area contributed by atoms with Gasteiger partial charge in [-0.1, -0.05) is 24.3 Å². The van der Waals surface area contributed by atoms with Gasteiger partial charge in [0.15, 0.2) is 11.6 Å². The van der Waals surface area contributed by atoms with Crippen molar-refractivity contribution in [1.29, 1.82) is 0 Å². The van der Waals surface area contributed by atoms with Gasteiger partial charge in [0.05, 0.1) is 38.0 Å². The third-order valence-electron chi connectivity index (χ3n) is 5.83. The Balaban J connectivity index is 0.00000253. The Kier molecular flexibility index (Phi) is 10.7. The number of nitrogens with one attached hydrogen (secondary N) is 2. The van der Waals surface area contributed by atoms with Crippen molar-refractivity contribution in [3.05, 3.63) is 81.4 Å². The van der Waals surface area contributed by atoms with E-state index in [0.717, 1.165) is 12.1 Å². The molecule has 1 aliphatic carbocycles. The van der Waals surface area contributed by atoms with E-state index in [-0.39, 0.29) is 92.4 Å². The smallest absolute Gasteiger partial charge is 0.744 e. The van der Waals surface area contributed by atoms with Crippen LogP contribution in [0.15, 0.2) is 58.3 Å². The molecule has 0 saturated carbocycles. The molecule has 0 radical (unpaired) electrons. The molecule has 0 aliphatic heterocycles. The van der Waals surface area contributed by atoms with Gasteiger partial charge in [0.25, 0.3) is 0 Å². The van der Waals surface area contributed by atoms with E-state index in [4.69, 9.17) is 28.9 Å². The fourth-order valence-electron chi connectivity index (χ4n) is 4.17. The van der Waals surface area contributed by atoms with Crippen LogP contribution in [0.2, 0.25) is 10.6 Å². The molecule has 5 rings (SSSR count). The molecular weight excluding hydrogens is 669 g/mol. The number of benzene rings is 3. The zero-order valence-electron chi connectivity index (χ0n) is 21.9. The first-order chi connectivity index (χ1) is 19.1. The van der Waals surface area contributed by atoms with E-state index in [1.165, 1.54) is 30.3 Å². The van der Waals surface area contributed by atoms with Crippen LogP contribution < -0.4 is 75.5 Å². The molecule has 1 aromatic heterocycles.